The zero-order valence-corrected chi connectivity index (χ0v) is 12.7. The van der Waals surface area contributed by atoms with E-state index in [1.807, 2.05) is 14.0 Å². The molecule has 1 aromatic carbocycles. The van der Waals surface area contributed by atoms with Crippen LogP contribution in [-0.2, 0) is 10.0 Å². The Kier molecular flexibility index (Phi) is 4.72. The van der Waals surface area contributed by atoms with Gasteiger partial charge < -0.3 is 9.64 Å². The van der Waals surface area contributed by atoms with Gasteiger partial charge in [-0.05, 0) is 32.2 Å². The molecule has 7 heteroatoms. The lowest BCUT2D eigenvalue weighted by Crippen LogP contribution is -2.47. The fourth-order valence-corrected chi connectivity index (χ4v) is 3.61. The minimum Gasteiger partial charge on any atom is -0.495 e. The van der Waals surface area contributed by atoms with Crippen LogP contribution in [0.25, 0.3) is 0 Å². The first kappa shape index (κ1) is 15.3. The molecular formula is C13H19BN2O3S. The molecule has 0 unspecified atom stereocenters. The molecule has 0 saturated carbocycles. The molecule has 5 nitrogen and oxygen atoms in total. The van der Waals surface area contributed by atoms with Gasteiger partial charge in [-0.1, -0.05) is 5.46 Å². The lowest BCUT2D eigenvalue weighted by Gasteiger charge is -2.31. The largest absolute Gasteiger partial charge is 0.495 e. The van der Waals surface area contributed by atoms with Gasteiger partial charge in [0.1, 0.15) is 13.6 Å². The van der Waals surface area contributed by atoms with E-state index < -0.39 is 10.0 Å². The smallest absolute Gasteiger partial charge is 0.243 e. The summed E-state index contributed by atoms with van der Waals surface area (Å²) in [6, 6.07) is 4.63. The Bertz CT molecular complexity index is 569. The Balaban J connectivity index is 2.23. The van der Waals surface area contributed by atoms with Crippen LogP contribution in [0.4, 0.5) is 0 Å². The van der Waals surface area contributed by atoms with E-state index in [0.29, 0.717) is 30.9 Å². The number of hydrogen-bond donors (Lipinski definition) is 0. The van der Waals surface area contributed by atoms with Crippen molar-refractivity contribution in [2.24, 2.45) is 0 Å². The molecule has 0 spiro atoms. The molecule has 1 aromatic rings. The van der Waals surface area contributed by atoms with Crippen molar-refractivity contribution in [3.63, 3.8) is 0 Å². The van der Waals surface area contributed by atoms with Crippen molar-refractivity contribution in [1.29, 1.82) is 0 Å². The lowest BCUT2D eigenvalue weighted by atomic mass is 9.95. The summed E-state index contributed by atoms with van der Waals surface area (Å²) >= 11 is 0. The van der Waals surface area contributed by atoms with Crippen molar-refractivity contribution in [2.75, 3.05) is 39.8 Å². The Labute approximate surface area is 122 Å². The third-order valence-corrected chi connectivity index (χ3v) is 5.28. The third kappa shape index (κ3) is 3.16. The second kappa shape index (κ2) is 6.16. The average molecular weight is 294 g/mol. The van der Waals surface area contributed by atoms with Crippen LogP contribution in [-0.4, -0.2) is 65.3 Å². The molecule has 1 saturated heterocycles. The fourth-order valence-electron chi connectivity index (χ4n) is 2.15. The third-order valence-electron chi connectivity index (χ3n) is 3.38. The predicted octanol–water partition coefficient (Wildman–Crippen LogP) is -0.185. The van der Waals surface area contributed by atoms with Crippen LogP contribution in [0.3, 0.4) is 0 Å². The monoisotopic (exact) mass is 294 g/mol. The Hall–Kier alpha value is -1.05. The maximum absolute atomic E-state index is 12.5. The van der Waals surface area contributed by atoms with Crippen LogP contribution in [0, 0.1) is 0 Å². The molecule has 0 bridgehead atoms. The van der Waals surface area contributed by atoms with E-state index in [4.69, 9.17) is 12.6 Å². The van der Waals surface area contributed by atoms with Gasteiger partial charge in [-0.2, -0.15) is 4.31 Å². The molecule has 0 N–H and O–H groups in total. The summed E-state index contributed by atoms with van der Waals surface area (Å²) in [4.78, 5) is 2.33. The normalized spacial score (nSPS) is 18.1. The summed E-state index contributed by atoms with van der Waals surface area (Å²) < 4.78 is 31.9. The molecule has 0 atom stereocenters. The number of rotatable bonds is 4. The number of sulfonamides is 1. The first-order valence-corrected chi connectivity index (χ1v) is 8.10. The topological polar surface area (TPSA) is 49.9 Å². The second-order valence-corrected chi connectivity index (χ2v) is 6.78. The van der Waals surface area contributed by atoms with Crippen LogP contribution >= 0.6 is 0 Å². The zero-order valence-electron chi connectivity index (χ0n) is 11.9. The average Bonchev–Trinajstić information content (AvgIpc) is 2.41. The van der Waals surface area contributed by atoms with Gasteiger partial charge in [0, 0.05) is 26.2 Å². The molecule has 108 valence electrons. The van der Waals surface area contributed by atoms with Crippen LogP contribution < -0.4 is 10.2 Å². The van der Waals surface area contributed by atoms with Gasteiger partial charge in [0.05, 0.1) is 11.5 Å². The number of hydrogen-bond acceptors (Lipinski definition) is 4. The van der Waals surface area contributed by atoms with E-state index in [1.54, 1.807) is 12.1 Å². The van der Waals surface area contributed by atoms with Gasteiger partial charge >= 0.3 is 0 Å². The van der Waals surface area contributed by atoms with Crippen molar-refractivity contribution in [3.05, 3.63) is 18.2 Å². The molecule has 2 rings (SSSR count). The van der Waals surface area contributed by atoms with Crippen molar-refractivity contribution in [1.82, 2.24) is 9.21 Å². The van der Waals surface area contributed by atoms with Gasteiger partial charge in [-0.15, -0.1) is 0 Å². The highest BCUT2D eigenvalue weighted by atomic mass is 32.2. The van der Waals surface area contributed by atoms with Gasteiger partial charge in [-0.25, -0.2) is 8.42 Å². The summed E-state index contributed by atoms with van der Waals surface area (Å²) in [7, 11) is 4.36. The van der Waals surface area contributed by atoms with Crippen molar-refractivity contribution >= 4 is 23.3 Å². The number of piperazine rings is 1. The molecule has 0 amide bonds. The molecule has 1 fully saturated rings. The first-order chi connectivity index (χ1) is 9.45. The molecule has 1 aliphatic rings. The zero-order chi connectivity index (χ0) is 14.8. The summed E-state index contributed by atoms with van der Waals surface area (Å²) in [5.41, 5.74) is 0.349. The summed E-state index contributed by atoms with van der Waals surface area (Å²) in [6.45, 7) is 4.85. The lowest BCUT2D eigenvalue weighted by molar-refractivity contribution is 0.222. The van der Waals surface area contributed by atoms with Gasteiger partial charge in [0.2, 0.25) is 10.0 Å². The summed E-state index contributed by atoms with van der Waals surface area (Å²) in [5.74, 6) is 0.518. The predicted molar refractivity (Wildman–Crippen MR) is 79.3 cm³/mol. The van der Waals surface area contributed by atoms with Crippen LogP contribution in [0.1, 0.15) is 6.92 Å². The minimum atomic E-state index is -3.47. The highest BCUT2D eigenvalue weighted by Gasteiger charge is 2.27. The standard InChI is InChI=1S/C13H19BN2O3S/c1-3-19-13-5-4-11(10-12(13)14)20(17,18)16-8-6-15(2)7-9-16/h4-5,10H,3,6-9H2,1-2H3. The van der Waals surface area contributed by atoms with Crippen LogP contribution in [0.2, 0.25) is 0 Å². The quantitative estimate of drug-likeness (QED) is 0.723. The molecular weight excluding hydrogens is 275 g/mol. The van der Waals surface area contributed by atoms with E-state index in [2.05, 4.69) is 4.90 Å². The van der Waals surface area contributed by atoms with E-state index in [-0.39, 0.29) is 4.90 Å². The highest BCUT2D eigenvalue weighted by Crippen LogP contribution is 2.19. The number of benzene rings is 1. The van der Waals surface area contributed by atoms with Crippen LogP contribution in [0.5, 0.6) is 5.75 Å². The van der Waals surface area contributed by atoms with E-state index in [1.165, 1.54) is 10.4 Å². The molecule has 1 heterocycles. The Morgan fingerprint density at radius 1 is 1.25 bits per heavy atom. The molecule has 0 aromatic heterocycles. The fraction of sp³-hybridized carbons (Fsp3) is 0.538. The number of ether oxygens (including phenoxy) is 1. The minimum absolute atomic E-state index is 0.225. The van der Waals surface area contributed by atoms with Gasteiger partial charge in [-0.3, -0.25) is 0 Å². The van der Waals surface area contributed by atoms with E-state index in [0.717, 1.165) is 13.1 Å². The van der Waals surface area contributed by atoms with Gasteiger partial charge in [0.15, 0.2) is 0 Å². The van der Waals surface area contributed by atoms with Crippen molar-refractivity contribution in [3.8, 4) is 5.75 Å². The van der Waals surface area contributed by atoms with Crippen LogP contribution in [0.15, 0.2) is 23.1 Å². The van der Waals surface area contributed by atoms with E-state index in [9.17, 15) is 8.42 Å². The van der Waals surface area contributed by atoms with Crippen molar-refractivity contribution < 1.29 is 13.2 Å². The number of nitrogens with zero attached hydrogens (tertiary/aromatic N) is 2. The first-order valence-electron chi connectivity index (χ1n) is 6.66. The number of likely N-dealkylation sites (N-methyl/N-ethyl adjacent to an activating group) is 1. The molecule has 1 aliphatic heterocycles. The Morgan fingerprint density at radius 3 is 2.45 bits per heavy atom. The molecule has 0 aliphatic carbocycles. The maximum atomic E-state index is 12.5. The van der Waals surface area contributed by atoms with E-state index >= 15 is 0 Å². The summed E-state index contributed by atoms with van der Waals surface area (Å²) in [6.07, 6.45) is 0. The Morgan fingerprint density at radius 2 is 1.90 bits per heavy atom. The molecule has 2 radical (unpaired) electrons. The van der Waals surface area contributed by atoms with Gasteiger partial charge in [0.25, 0.3) is 0 Å². The SMILES string of the molecule is [B]c1cc(S(=O)(=O)N2CCN(C)CC2)ccc1OCC. The van der Waals surface area contributed by atoms with Crippen molar-refractivity contribution in [2.45, 2.75) is 11.8 Å². The maximum Gasteiger partial charge on any atom is 0.243 e. The summed E-state index contributed by atoms with van der Waals surface area (Å²) in [5, 5.41) is 0. The molecule has 20 heavy (non-hydrogen) atoms. The highest BCUT2D eigenvalue weighted by molar-refractivity contribution is 7.89. The second-order valence-electron chi connectivity index (χ2n) is 4.84.